The minimum Gasteiger partial charge on any atom is -0.343 e. The van der Waals surface area contributed by atoms with Crippen LogP contribution in [0, 0.1) is 0 Å². The summed E-state index contributed by atoms with van der Waals surface area (Å²) in [5.74, 6) is -0.841. The van der Waals surface area contributed by atoms with Crippen LogP contribution in [-0.4, -0.2) is 72.3 Å². The molecule has 3 heterocycles. The average Bonchev–Trinajstić information content (AvgIpc) is 3.49. The van der Waals surface area contributed by atoms with Gasteiger partial charge in [-0.05, 0) is 50.2 Å². The number of hydrogen-bond donors (Lipinski definition) is 0. The van der Waals surface area contributed by atoms with Crippen LogP contribution in [0.3, 0.4) is 0 Å². The van der Waals surface area contributed by atoms with Crippen molar-refractivity contribution in [2.45, 2.75) is 42.7 Å². The van der Waals surface area contributed by atoms with E-state index in [4.69, 9.17) is 9.47 Å². The number of fused-ring (bicyclic) bond motifs is 1. The van der Waals surface area contributed by atoms with E-state index in [0.29, 0.717) is 13.1 Å². The third kappa shape index (κ3) is 4.47. The third-order valence-electron chi connectivity index (χ3n) is 10.1. The monoisotopic (exact) mass is 607 g/mol. The Balaban J connectivity index is 1.61. The van der Waals surface area contributed by atoms with Gasteiger partial charge in [-0.15, -0.1) is 0 Å². The number of hydrogen-bond acceptors (Lipinski definition) is 3. The maximum absolute atomic E-state index is 15.6. The van der Waals surface area contributed by atoms with Gasteiger partial charge in [0.15, 0.2) is 5.79 Å². The molecule has 0 aromatic heterocycles. The molecule has 228 valence electrons. The zero-order chi connectivity index (χ0) is 30.6. The van der Waals surface area contributed by atoms with Gasteiger partial charge in [0, 0.05) is 26.2 Å². The predicted octanol–water partition coefficient (Wildman–Crippen LogP) is 6.78. The molecule has 0 spiro atoms. The van der Waals surface area contributed by atoms with E-state index in [1.807, 2.05) is 27.9 Å². The van der Waals surface area contributed by atoms with Gasteiger partial charge in [-0.25, -0.2) is 14.0 Å². The van der Waals surface area contributed by atoms with Crippen LogP contribution in [0.5, 0.6) is 0 Å². The van der Waals surface area contributed by atoms with E-state index in [0.717, 1.165) is 35.3 Å². The number of nitrogens with zero attached hydrogens (tertiary/aromatic N) is 3. The summed E-state index contributed by atoms with van der Waals surface area (Å²) in [5, 5.41) is 0. The molecule has 44 heavy (non-hydrogen) atoms. The second kappa shape index (κ2) is 11.1. The highest BCUT2D eigenvalue weighted by Gasteiger charge is 2.66. The van der Waals surface area contributed by atoms with E-state index >= 15 is 4.57 Å². The van der Waals surface area contributed by atoms with E-state index in [-0.39, 0.29) is 0 Å². The van der Waals surface area contributed by atoms with Gasteiger partial charge < -0.3 is 9.47 Å². The first-order valence-corrected chi connectivity index (χ1v) is 17.1. The molecule has 0 amide bonds. The van der Waals surface area contributed by atoms with Crippen molar-refractivity contribution in [1.29, 1.82) is 0 Å². The smallest absolute Gasteiger partial charge is 0.286 e. The van der Waals surface area contributed by atoms with Crippen LogP contribution in [0.1, 0.15) is 36.1 Å². The topological polar surface area (TPSA) is 45.2 Å². The Morgan fingerprint density at radius 2 is 0.864 bits per heavy atom. The zero-order valence-corrected chi connectivity index (χ0v) is 26.9. The van der Waals surface area contributed by atoms with Crippen molar-refractivity contribution in [3.8, 4) is 0 Å². The van der Waals surface area contributed by atoms with Gasteiger partial charge in [-0.2, -0.15) is 0 Å². The Kier molecular flexibility index (Phi) is 7.44. The lowest BCUT2D eigenvalue weighted by atomic mass is 9.62. The van der Waals surface area contributed by atoms with E-state index in [1.165, 1.54) is 0 Å². The van der Waals surface area contributed by atoms with Gasteiger partial charge in [-0.1, -0.05) is 121 Å². The second-order valence-corrected chi connectivity index (χ2v) is 15.9. The minimum atomic E-state index is -3.18. The standard InChI is InChI=1S/C37H42N3O3P/c1-35(2)42-33-34(43-35)37(31-21-13-7-14-22-31,32-23-15-8-16-24-32)28-40(44(41)38(3)25-26-39(44)4)27-36(33,29-17-9-5-10-18-29)30-19-11-6-12-20-30/h5-24,33-34H,25-28H2,1-4H3/t33-,34-/m1/s1. The van der Waals surface area contributed by atoms with Gasteiger partial charge in [0.2, 0.25) is 0 Å². The Hall–Kier alpha value is -3.09. The average molecular weight is 608 g/mol. The molecule has 2 atom stereocenters. The fourth-order valence-electron chi connectivity index (χ4n) is 8.02. The summed E-state index contributed by atoms with van der Waals surface area (Å²) < 4.78 is 36.4. The van der Waals surface area contributed by atoms with Crippen LogP contribution in [0.4, 0.5) is 0 Å². The Bertz CT molecular complexity index is 1440. The van der Waals surface area contributed by atoms with Crippen molar-refractivity contribution in [3.05, 3.63) is 144 Å². The summed E-state index contributed by atoms with van der Waals surface area (Å²) in [6.45, 7) is 6.53. The molecule has 3 aliphatic heterocycles. The molecule has 6 nitrogen and oxygen atoms in total. The molecular formula is C37H42N3O3P. The number of benzene rings is 4. The highest BCUT2D eigenvalue weighted by molar-refractivity contribution is 7.56. The van der Waals surface area contributed by atoms with Gasteiger partial charge in [0.1, 0.15) is 12.2 Å². The Labute approximate surface area is 261 Å². The summed E-state index contributed by atoms with van der Waals surface area (Å²) in [4.78, 5) is 0. The van der Waals surface area contributed by atoms with E-state index in [9.17, 15) is 0 Å². The quantitative estimate of drug-likeness (QED) is 0.233. The summed E-state index contributed by atoms with van der Waals surface area (Å²) in [5.41, 5.74) is 3.10. The van der Waals surface area contributed by atoms with Gasteiger partial charge in [-0.3, -0.25) is 4.57 Å². The van der Waals surface area contributed by atoms with E-state index in [2.05, 4.69) is 135 Å². The second-order valence-electron chi connectivity index (χ2n) is 13.0. The van der Waals surface area contributed by atoms with Crippen LogP contribution < -0.4 is 0 Å². The SMILES string of the molecule is CN1CCN(C)P1(=O)N1CC(c2ccccc2)(c2ccccc2)[C@@H]2OC(C)(C)O[C@H]2C(c2ccccc2)(c2ccccc2)C1. The highest BCUT2D eigenvalue weighted by atomic mass is 31.2. The molecule has 7 heteroatoms. The van der Waals surface area contributed by atoms with Crippen LogP contribution in [0.15, 0.2) is 121 Å². The molecule has 4 aromatic carbocycles. The fourth-order valence-corrected chi connectivity index (χ4v) is 10.9. The van der Waals surface area contributed by atoms with Crippen LogP contribution in [-0.2, 0) is 24.9 Å². The summed E-state index contributed by atoms with van der Waals surface area (Å²) in [7, 11) is 0.831. The molecule has 4 aromatic rings. The molecule has 3 fully saturated rings. The van der Waals surface area contributed by atoms with Gasteiger partial charge in [0.05, 0.1) is 10.8 Å². The van der Waals surface area contributed by atoms with Crippen molar-refractivity contribution in [2.75, 3.05) is 40.3 Å². The van der Waals surface area contributed by atoms with Gasteiger partial charge in [0.25, 0.3) is 7.59 Å². The number of ether oxygens (including phenoxy) is 2. The van der Waals surface area contributed by atoms with Crippen LogP contribution in [0.25, 0.3) is 0 Å². The molecule has 0 unspecified atom stereocenters. The highest BCUT2D eigenvalue weighted by Crippen LogP contribution is 2.64. The van der Waals surface area contributed by atoms with E-state index < -0.39 is 36.4 Å². The van der Waals surface area contributed by atoms with Crippen molar-refractivity contribution in [2.24, 2.45) is 0 Å². The molecule has 0 N–H and O–H groups in total. The maximum atomic E-state index is 15.6. The molecular weight excluding hydrogens is 565 g/mol. The van der Waals surface area contributed by atoms with Crippen molar-refractivity contribution in [1.82, 2.24) is 14.0 Å². The Morgan fingerprint density at radius 1 is 0.568 bits per heavy atom. The lowest BCUT2D eigenvalue weighted by Gasteiger charge is -2.45. The lowest BCUT2D eigenvalue weighted by Crippen LogP contribution is -2.54. The molecule has 3 saturated heterocycles. The first kappa shape index (κ1) is 29.6. The first-order valence-electron chi connectivity index (χ1n) is 15.6. The third-order valence-corrected chi connectivity index (χ3v) is 13.3. The van der Waals surface area contributed by atoms with E-state index in [1.54, 1.807) is 0 Å². The molecule has 7 rings (SSSR count). The predicted molar refractivity (Wildman–Crippen MR) is 176 cm³/mol. The Morgan fingerprint density at radius 3 is 1.16 bits per heavy atom. The maximum Gasteiger partial charge on any atom is 0.286 e. The van der Waals surface area contributed by atoms with Crippen LogP contribution >= 0.6 is 7.59 Å². The van der Waals surface area contributed by atoms with Crippen LogP contribution in [0.2, 0.25) is 0 Å². The largest absolute Gasteiger partial charge is 0.343 e. The molecule has 0 bridgehead atoms. The number of rotatable bonds is 5. The first-order chi connectivity index (χ1) is 21.2. The minimum absolute atomic E-state index is 0.405. The summed E-state index contributed by atoms with van der Waals surface area (Å²) in [6, 6.07) is 42.6. The van der Waals surface area contributed by atoms with Gasteiger partial charge >= 0.3 is 0 Å². The van der Waals surface area contributed by atoms with Crippen molar-refractivity contribution >= 4 is 7.59 Å². The summed E-state index contributed by atoms with van der Waals surface area (Å²) in [6.07, 6.45) is -0.810. The zero-order valence-electron chi connectivity index (χ0n) is 26.0. The fraction of sp³-hybridized carbons (Fsp3) is 0.351. The molecule has 3 aliphatic rings. The molecule has 0 aliphatic carbocycles. The molecule has 0 saturated carbocycles. The number of likely N-dealkylation sites (N-methyl/N-ethyl adjacent to an activating group) is 2. The molecule has 0 radical (unpaired) electrons. The van der Waals surface area contributed by atoms with Crippen molar-refractivity contribution < 1.29 is 14.0 Å². The van der Waals surface area contributed by atoms with Crippen molar-refractivity contribution in [3.63, 3.8) is 0 Å². The normalized spacial score (nSPS) is 26.2. The summed E-state index contributed by atoms with van der Waals surface area (Å²) >= 11 is 0. The lowest BCUT2D eigenvalue weighted by molar-refractivity contribution is -0.157.